The number of carboxylic acids is 1. The van der Waals surface area contributed by atoms with Crippen molar-refractivity contribution in [3.63, 3.8) is 0 Å². The van der Waals surface area contributed by atoms with Gasteiger partial charge >= 0.3 is 5.97 Å². The molecule has 0 aliphatic rings. The average molecular weight is 243 g/mol. The second kappa shape index (κ2) is 6.15. The third-order valence-electron chi connectivity index (χ3n) is 2.98. The molecule has 18 heavy (non-hydrogen) atoms. The lowest BCUT2D eigenvalue weighted by Gasteiger charge is -2.02. The van der Waals surface area contributed by atoms with Crippen LogP contribution in [0.2, 0.25) is 0 Å². The highest BCUT2D eigenvalue weighted by molar-refractivity contribution is 5.78. The van der Waals surface area contributed by atoms with Crippen molar-refractivity contribution in [1.82, 2.24) is 4.98 Å². The molecule has 0 saturated heterocycles. The molecule has 0 saturated carbocycles. The third-order valence-corrected chi connectivity index (χ3v) is 2.98. The van der Waals surface area contributed by atoms with Gasteiger partial charge in [-0.2, -0.15) is 0 Å². The van der Waals surface area contributed by atoms with Gasteiger partial charge in [-0.15, -0.1) is 0 Å². The molecule has 0 atom stereocenters. The van der Waals surface area contributed by atoms with Crippen LogP contribution in [0.3, 0.4) is 0 Å². The standard InChI is InChI=1S/C15H17NO2/c17-15(18)9-3-1-2-7-13-11-10-12-6-4-5-8-14(12)16-13/h4-6,8,10-11H,1-3,7,9H2,(H,17,18). The Balaban J connectivity index is 1.86. The maximum absolute atomic E-state index is 10.4. The Kier molecular flexibility index (Phi) is 4.29. The third kappa shape index (κ3) is 3.55. The minimum Gasteiger partial charge on any atom is -0.481 e. The first kappa shape index (κ1) is 12.6. The summed E-state index contributed by atoms with van der Waals surface area (Å²) in [6.07, 6.45) is 3.89. The molecule has 1 N–H and O–H groups in total. The van der Waals surface area contributed by atoms with Crippen molar-refractivity contribution < 1.29 is 9.90 Å². The molecular formula is C15H17NO2. The molecule has 3 heteroatoms. The van der Waals surface area contributed by atoms with E-state index in [1.54, 1.807) is 0 Å². The molecule has 94 valence electrons. The number of fused-ring (bicyclic) bond motifs is 1. The van der Waals surface area contributed by atoms with Gasteiger partial charge in [0.15, 0.2) is 0 Å². The van der Waals surface area contributed by atoms with Crippen molar-refractivity contribution >= 4 is 16.9 Å². The van der Waals surface area contributed by atoms with E-state index in [0.717, 1.165) is 42.3 Å². The first-order valence-electron chi connectivity index (χ1n) is 6.32. The molecule has 0 amide bonds. The Labute approximate surface area is 106 Å². The lowest BCUT2D eigenvalue weighted by molar-refractivity contribution is -0.137. The number of aliphatic carboxylic acids is 1. The summed E-state index contributed by atoms with van der Waals surface area (Å²) >= 11 is 0. The zero-order valence-corrected chi connectivity index (χ0v) is 10.3. The second-order valence-corrected chi connectivity index (χ2v) is 4.45. The van der Waals surface area contributed by atoms with E-state index in [9.17, 15) is 4.79 Å². The van der Waals surface area contributed by atoms with E-state index in [0.29, 0.717) is 0 Å². The summed E-state index contributed by atoms with van der Waals surface area (Å²) in [5.74, 6) is -0.709. The number of unbranched alkanes of at least 4 members (excludes halogenated alkanes) is 2. The summed E-state index contributed by atoms with van der Waals surface area (Å²) in [4.78, 5) is 15.0. The highest BCUT2D eigenvalue weighted by atomic mass is 16.4. The monoisotopic (exact) mass is 243 g/mol. The van der Waals surface area contributed by atoms with Gasteiger partial charge in [0, 0.05) is 17.5 Å². The van der Waals surface area contributed by atoms with Gasteiger partial charge < -0.3 is 5.11 Å². The van der Waals surface area contributed by atoms with Crippen LogP contribution in [0.15, 0.2) is 36.4 Å². The predicted molar refractivity (Wildman–Crippen MR) is 71.6 cm³/mol. The summed E-state index contributed by atoms with van der Waals surface area (Å²) in [6, 6.07) is 12.2. The fraction of sp³-hybridized carbons (Fsp3) is 0.333. The molecule has 1 aromatic carbocycles. The Morgan fingerprint density at radius 2 is 1.89 bits per heavy atom. The largest absolute Gasteiger partial charge is 0.481 e. The summed E-state index contributed by atoms with van der Waals surface area (Å²) in [6.45, 7) is 0. The van der Waals surface area contributed by atoms with Gasteiger partial charge in [-0.3, -0.25) is 9.78 Å². The van der Waals surface area contributed by atoms with Crippen LogP contribution < -0.4 is 0 Å². The van der Waals surface area contributed by atoms with E-state index in [-0.39, 0.29) is 6.42 Å². The van der Waals surface area contributed by atoms with Crippen LogP contribution in [0.4, 0.5) is 0 Å². The van der Waals surface area contributed by atoms with Gasteiger partial charge in [-0.1, -0.05) is 30.7 Å². The van der Waals surface area contributed by atoms with E-state index < -0.39 is 5.97 Å². The minimum absolute atomic E-state index is 0.269. The van der Waals surface area contributed by atoms with Gasteiger partial charge in [-0.25, -0.2) is 0 Å². The van der Waals surface area contributed by atoms with Crippen molar-refractivity contribution in [2.45, 2.75) is 32.1 Å². The smallest absolute Gasteiger partial charge is 0.303 e. The Morgan fingerprint density at radius 1 is 1.06 bits per heavy atom. The molecule has 1 heterocycles. The first-order chi connectivity index (χ1) is 8.75. The molecule has 0 aliphatic carbocycles. The minimum atomic E-state index is -0.709. The number of rotatable bonds is 6. The van der Waals surface area contributed by atoms with E-state index >= 15 is 0 Å². The van der Waals surface area contributed by atoms with Crippen molar-refractivity contribution in [1.29, 1.82) is 0 Å². The molecule has 0 radical (unpaired) electrons. The van der Waals surface area contributed by atoms with Gasteiger partial charge in [0.1, 0.15) is 0 Å². The van der Waals surface area contributed by atoms with Crippen molar-refractivity contribution in [2.75, 3.05) is 0 Å². The Morgan fingerprint density at radius 3 is 2.72 bits per heavy atom. The molecule has 1 aromatic heterocycles. The van der Waals surface area contributed by atoms with Crippen molar-refractivity contribution in [3.05, 3.63) is 42.1 Å². The lowest BCUT2D eigenvalue weighted by atomic mass is 10.1. The molecule has 0 bridgehead atoms. The number of aromatic nitrogens is 1. The van der Waals surface area contributed by atoms with Crippen LogP contribution in [-0.4, -0.2) is 16.1 Å². The van der Waals surface area contributed by atoms with Crippen LogP contribution in [0.1, 0.15) is 31.4 Å². The number of hydrogen-bond donors (Lipinski definition) is 1. The van der Waals surface area contributed by atoms with E-state index in [1.807, 2.05) is 18.2 Å². The number of para-hydroxylation sites is 1. The Bertz CT molecular complexity index is 537. The van der Waals surface area contributed by atoms with Crippen molar-refractivity contribution in [2.24, 2.45) is 0 Å². The van der Waals surface area contributed by atoms with E-state index in [1.165, 1.54) is 0 Å². The number of nitrogens with zero attached hydrogens (tertiary/aromatic N) is 1. The quantitative estimate of drug-likeness (QED) is 0.791. The highest BCUT2D eigenvalue weighted by Gasteiger charge is 2.00. The van der Waals surface area contributed by atoms with Crippen LogP contribution in [0.25, 0.3) is 10.9 Å². The van der Waals surface area contributed by atoms with Crippen molar-refractivity contribution in [3.8, 4) is 0 Å². The molecule has 0 aliphatic heterocycles. The van der Waals surface area contributed by atoms with Crippen LogP contribution in [0.5, 0.6) is 0 Å². The number of hydrogen-bond acceptors (Lipinski definition) is 2. The maximum atomic E-state index is 10.4. The maximum Gasteiger partial charge on any atom is 0.303 e. The molecule has 0 spiro atoms. The van der Waals surface area contributed by atoms with Crippen LogP contribution in [-0.2, 0) is 11.2 Å². The van der Waals surface area contributed by atoms with Gasteiger partial charge in [0.05, 0.1) is 5.52 Å². The molecule has 2 aromatic rings. The lowest BCUT2D eigenvalue weighted by Crippen LogP contribution is -1.95. The highest BCUT2D eigenvalue weighted by Crippen LogP contribution is 2.13. The summed E-state index contributed by atoms with van der Waals surface area (Å²) in [7, 11) is 0. The predicted octanol–water partition coefficient (Wildman–Crippen LogP) is 3.42. The molecule has 2 rings (SSSR count). The number of carboxylic acid groups (broad SMARTS) is 1. The van der Waals surface area contributed by atoms with Crippen LogP contribution in [0, 0.1) is 0 Å². The fourth-order valence-corrected chi connectivity index (χ4v) is 2.01. The summed E-state index contributed by atoms with van der Waals surface area (Å²) in [5, 5.41) is 9.70. The van der Waals surface area contributed by atoms with Gasteiger partial charge in [0.2, 0.25) is 0 Å². The zero-order valence-electron chi connectivity index (χ0n) is 10.3. The number of pyridine rings is 1. The molecule has 0 fully saturated rings. The number of aryl methyl sites for hydroxylation is 1. The first-order valence-corrected chi connectivity index (χ1v) is 6.32. The second-order valence-electron chi connectivity index (χ2n) is 4.45. The normalized spacial score (nSPS) is 10.7. The number of benzene rings is 1. The summed E-state index contributed by atoms with van der Waals surface area (Å²) in [5.41, 5.74) is 2.12. The molecular weight excluding hydrogens is 226 g/mol. The number of carbonyl (C=O) groups is 1. The molecule has 3 nitrogen and oxygen atoms in total. The van der Waals surface area contributed by atoms with Gasteiger partial charge in [-0.05, 0) is 31.4 Å². The zero-order chi connectivity index (χ0) is 12.8. The Hall–Kier alpha value is -1.90. The average Bonchev–Trinajstić information content (AvgIpc) is 2.38. The SMILES string of the molecule is O=C(O)CCCCCc1ccc2ccccc2n1. The molecule has 0 unspecified atom stereocenters. The fourth-order valence-electron chi connectivity index (χ4n) is 2.01. The van der Waals surface area contributed by atoms with E-state index in [2.05, 4.69) is 23.2 Å². The topological polar surface area (TPSA) is 50.2 Å². The van der Waals surface area contributed by atoms with Gasteiger partial charge in [0.25, 0.3) is 0 Å². The summed E-state index contributed by atoms with van der Waals surface area (Å²) < 4.78 is 0. The van der Waals surface area contributed by atoms with E-state index in [4.69, 9.17) is 5.11 Å². The van der Waals surface area contributed by atoms with Crippen LogP contribution >= 0.6 is 0 Å².